The van der Waals surface area contributed by atoms with Gasteiger partial charge < -0.3 is 0 Å². The number of allylic oxidation sites excluding steroid dienone is 1. The molecule has 0 atom stereocenters. The van der Waals surface area contributed by atoms with Crippen molar-refractivity contribution < 1.29 is 65.9 Å². The zero-order valence-corrected chi connectivity index (χ0v) is 21.7. The SMILES string of the molecule is C/C(=C(/B(c1c(F)c(F)c(F)c(F)c1F)c1c(F)c(F)c(F)c(F)c1F)c1c(F)c(F)c(F)c(F)c1F)[Si](C)(C)C. The van der Waals surface area contributed by atoms with E-state index in [2.05, 4.69) is 0 Å². The molecule has 17 heteroatoms. The lowest BCUT2D eigenvalue weighted by Crippen LogP contribution is -2.53. The van der Waals surface area contributed by atoms with E-state index < -0.39 is 129 Å². The number of benzene rings is 3. The molecule has 3 aromatic rings. The Labute approximate surface area is 222 Å². The van der Waals surface area contributed by atoms with Gasteiger partial charge in [0.1, 0.15) is 0 Å². The summed E-state index contributed by atoms with van der Waals surface area (Å²) in [6.45, 7) is 0.960. The van der Waals surface area contributed by atoms with Crippen molar-refractivity contribution in [1.82, 2.24) is 0 Å². The molecule has 220 valence electrons. The molecule has 0 aliphatic heterocycles. The van der Waals surface area contributed by atoms with Gasteiger partial charge >= 0.3 is 0 Å². The average Bonchev–Trinajstić information content (AvgIpc) is 2.91. The Hall–Kier alpha value is -3.37. The molecule has 0 fully saturated rings. The standard InChI is InChI=1S/C24H12BF15Si/c1-5(41(2,3)4)7(6-10(26)16(32)22(38)17(33)11(6)27)25(8-12(28)18(34)23(39)19(35)13(8)29)9-14(30)20(36)24(40)21(37)15(9)31/h1-4H3/b7-5-. The van der Waals surface area contributed by atoms with Gasteiger partial charge in [0.25, 0.3) is 6.71 Å². The number of hydrogen-bond acceptors (Lipinski definition) is 0. The highest BCUT2D eigenvalue weighted by atomic mass is 28.3. The first kappa shape index (κ1) is 32.2. The number of halogens is 15. The highest BCUT2D eigenvalue weighted by Crippen LogP contribution is 2.36. The van der Waals surface area contributed by atoms with Crippen LogP contribution in [-0.4, -0.2) is 14.8 Å². The molecule has 0 aromatic heterocycles. The van der Waals surface area contributed by atoms with Crippen LogP contribution in [-0.2, 0) is 0 Å². The van der Waals surface area contributed by atoms with Crippen LogP contribution < -0.4 is 10.9 Å². The Kier molecular flexibility index (Phi) is 8.47. The first-order chi connectivity index (χ1) is 18.7. The van der Waals surface area contributed by atoms with Crippen molar-refractivity contribution in [2.24, 2.45) is 0 Å². The molecular weight excluding hydrogens is 612 g/mol. The summed E-state index contributed by atoms with van der Waals surface area (Å²) >= 11 is 0. The molecule has 0 bridgehead atoms. The third-order valence-electron chi connectivity index (χ3n) is 6.36. The number of hydrogen-bond donors (Lipinski definition) is 0. The highest BCUT2D eigenvalue weighted by molar-refractivity contribution is 7.02. The van der Waals surface area contributed by atoms with Crippen LogP contribution in [0.5, 0.6) is 0 Å². The van der Waals surface area contributed by atoms with Crippen LogP contribution in [0.15, 0.2) is 5.20 Å². The quantitative estimate of drug-likeness (QED) is 0.121. The summed E-state index contributed by atoms with van der Waals surface area (Å²) in [5, 5.41) is -0.654. The third kappa shape index (κ3) is 4.91. The summed E-state index contributed by atoms with van der Waals surface area (Å²) in [7, 11) is -3.38. The first-order valence-corrected chi connectivity index (χ1v) is 14.5. The fraction of sp³-hybridized carbons (Fsp3) is 0.167. The molecule has 41 heavy (non-hydrogen) atoms. The maximum atomic E-state index is 15.1. The summed E-state index contributed by atoms with van der Waals surface area (Å²) in [4.78, 5) is 0. The van der Waals surface area contributed by atoms with E-state index in [1.54, 1.807) is 0 Å². The lowest BCUT2D eigenvalue weighted by atomic mass is 9.34. The van der Waals surface area contributed by atoms with E-state index in [0.29, 0.717) is 0 Å². The van der Waals surface area contributed by atoms with Crippen molar-refractivity contribution in [3.63, 3.8) is 0 Å². The zero-order valence-electron chi connectivity index (χ0n) is 20.7. The fourth-order valence-electron chi connectivity index (χ4n) is 3.98. The molecule has 0 aliphatic carbocycles. The van der Waals surface area contributed by atoms with Crippen molar-refractivity contribution in [3.8, 4) is 0 Å². The predicted molar refractivity (Wildman–Crippen MR) is 120 cm³/mol. The maximum absolute atomic E-state index is 15.1. The van der Waals surface area contributed by atoms with E-state index in [0.717, 1.165) is 6.92 Å². The van der Waals surface area contributed by atoms with Crippen LogP contribution in [0.2, 0.25) is 19.6 Å². The molecule has 0 saturated heterocycles. The Balaban J connectivity index is 2.83. The minimum atomic E-state index is -3.55. The van der Waals surface area contributed by atoms with Crippen molar-refractivity contribution in [2.45, 2.75) is 26.6 Å². The second-order valence-electron chi connectivity index (χ2n) is 9.63. The average molecular weight is 624 g/mol. The largest absolute Gasteiger partial charge is 0.257 e. The van der Waals surface area contributed by atoms with Crippen LogP contribution in [0, 0.1) is 87.3 Å². The van der Waals surface area contributed by atoms with Gasteiger partial charge in [0.15, 0.2) is 81.4 Å². The lowest BCUT2D eigenvalue weighted by molar-refractivity contribution is 0.376. The Bertz CT molecular complexity index is 1490. The number of rotatable bonds is 5. The van der Waals surface area contributed by atoms with E-state index in [1.807, 2.05) is 0 Å². The van der Waals surface area contributed by atoms with Gasteiger partial charge in [-0.3, -0.25) is 0 Å². The van der Waals surface area contributed by atoms with E-state index in [9.17, 15) is 39.5 Å². The van der Waals surface area contributed by atoms with Gasteiger partial charge in [-0.2, -0.15) is 0 Å². The van der Waals surface area contributed by atoms with Crippen LogP contribution in [0.25, 0.3) is 5.47 Å². The van der Waals surface area contributed by atoms with Crippen molar-refractivity contribution in [1.29, 1.82) is 0 Å². The van der Waals surface area contributed by atoms with Crippen LogP contribution >= 0.6 is 0 Å². The Morgan fingerprint density at radius 2 is 0.610 bits per heavy atom. The first-order valence-electron chi connectivity index (χ1n) is 11.0. The van der Waals surface area contributed by atoms with Crippen molar-refractivity contribution >= 4 is 31.2 Å². The monoisotopic (exact) mass is 624 g/mol. The van der Waals surface area contributed by atoms with Gasteiger partial charge in [0.05, 0.1) is 8.07 Å². The fourth-order valence-corrected chi connectivity index (χ4v) is 5.05. The Morgan fingerprint density at radius 3 is 0.854 bits per heavy atom. The molecule has 0 N–H and O–H groups in total. The van der Waals surface area contributed by atoms with Crippen molar-refractivity contribution in [2.75, 3.05) is 0 Å². The van der Waals surface area contributed by atoms with Gasteiger partial charge in [-0.1, -0.05) is 30.3 Å². The van der Waals surface area contributed by atoms with E-state index in [4.69, 9.17) is 0 Å². The van der Waals surface area contributed by atoms with Crippen LogP contribution in [0.3, 0.4) is 0 Å². The molecule has 0 saturated carbocycles. The van der Waals surface area contributed by atoms with Crippen molar-refractivity contribution in [3.05, 3.63) is 98.0 Å². The summed E-state index contributed by atoms with van der Waals surface area (Å²) in [6, 6.07) is 0. The van der Waals surface area contributed by atoms with Gasteiger partial charge in [0, 0.05) is 16.5 Å². The summed E-state index contributed by atoms with van der Waals surface area (Å²) in [6.07, 6.45) is 0. The molecule has 3 rings (SSSR count). The summed E-state index contributed by atoms with van der Waals surface area (Å²) < 4.78 is 218. The van der Waals surface area contributed by atoms with Crippen LogP contribution in [0.4, 0.5) is 65.9 Å². The molecule has 0 nitrogen and oxygen atoms in total. The molecule has 0 aliphatic rings. The molecule has 0 radical (unpaired) electrons. The topological polar surface area (TPSA) is 0 Å². The second-order valence-corrected chi connectivity index (χ2v) is 14.9. The molecule has 0 amide bonds. The third-order valence-corrected chi connectivity index (χ3v) is 8.88. The Morgan fingerprint density at radius 1 is 0.390 bits per heavy atom. The van der Waals surface area contributed by atoms with E-state index in [-0.39, 0.29) is 0 Å². The zero-order chi connectivity index (χ0) is 31.6. The summed E-state index contributed by atoms with van der Waals surface area (Å²) in [5.74, 6) is -42.7. The van der Waals surface area contributed by atoms with Gasteiger partial charge in [-0.15, -0.1) is 0 Å². The molecule has 3 aromatic carbocycles. The van der Waals surface area contributed by atoms with Crippen LogP contribution in [0.1, 0.15) is 12.5 Å². The maximum Gasteiger partial charge on any atom is 0.257 e. The van der Waals surface area contributed by atoms with Gasteiger partial charge in [-0.05, 0) is 6.92 Å². The summed E-state index contributed by atoms with van der Waals surface area (Å²) in [5.41, 5.74) is -8.66. The van der Waals surface area contributed by atoms with Gasteiger partial charge in [-0.25, -0.2) is 65.9 Å². The van der Waals surface area contributed by atoms with Gasteiger partial charge in [0.2, 0.25) is 5.82 Å². The molecular formula is C24H12BF15Si. The second kappa shape index (κ2) is 10.8. The van der Waals surface area contributed by atoms with E-state index in [1.165, 1.54) is 19.6 Å². The lowest BCUT2D eigenvalue weighted by Gasteiger charge is -2.29. The molecule has 0 heterocycles. The minimum Gasteiger partial charge on any atom is -0.204 e. The smallest absolute Gasteiger partial charge is 0.204 e. The minimum absolute atomic E-state index is 0.654. The molecule has 0 spiro atoms. The normalized spacial score (nSPS) is 12.7. The molecule has 0 unspecified atom stereocenters. The predicted octanol–water partition coefficient (Wildman–Crippen LogP) is 7.27. The highest BCUT2D eigenvalue weighted by Gasteiger charge is 2.45. The van der Waals surface area contributed by atoms with E-state index >= 15 is 26.3 Å².